The van der Waals surface area contributed by atoms with Crippen LogP contribution < -0.4 is 11.1 Å². The number of halogens is 2. The van der Waals surface area contributed by atoms with E-state index in [0.717, 1.165) is 15.5 Å². The molecule has 0 saturated heterocycles. The number of nitrogens with one attached hydrogen (secondary N) is 1. The molecule has 100 valence electrons. The topological polar surface area (TPSA) is 63.8 Å². The third-order valence-electron chi connectivity index (χ3n) is 2.77. The Kier molecular flexibility index (Phi) is 3.58. The lowest BCUT2D eigenvalue weighted by Gasteiger charge is -2.07. The van der Waals surface area contributed by atoms with E-state index in [4.69, 9.17) is 5.73 Å². The number of hydrogen-bond acceptors (Lipinski definition) is 4. The first-order valence-corrected chi connectivity index (χ1v) is 7.45. The summed E-state index contributed by atoms with van der Waals surface area (Å²) in [7, 11) is 0. The Morgan fingerprint density at radius 2 is 1.65 bits per heavy atom. The van der Waals surface area contributed by atoms with Crippen LogP contribution in [-0.4, -0.2) is 9.97 Å². The highest BCUT2D eigenvalue weighted by Crippen LogP contribution is 2.24. The van der Waals surface area contributed by atoms with E-state index in [9.17, 15) is 0 Å². The molecule has 0 fully saturated rings. The van der Waals surface area contributed by atoms with Crippen molar-refractivity contribution in [3.8, 4) is 0 Å². The number of nitrogens with zero attached hydrogens (tertiary/aromatic N) is 2. The Labute approximate surface area is 132 Å². The first-order chi connectivity index (χ1) is 9.60. The lowest BCUT2D eigenvalue weighted by molar-refractivity contribution is 1.15. The molecule has 0 spiro atoms. The minimum Gasteiger partial charge on any atom is -0.383 e. The average Bonchev–Trinajstić information content (AvgIpc) is 2.38. The van der Waals surface area contributed by atoms with Crippen molar-refractivity contribution in [1.82, 2.24) is 9.97 Å². The molecule has 3 aromatic rings. The molecule has 1 heterocycles. The van der Waals surface area contributed by atoms with Gasteiger partial charge in [-0.1, -0.05) is 28.1 Å². The quantitative estimate of drug-likeness (QED) is 0.630. The van der Waals surface area contributed by atoms with Crippen molar-refractivity contribution in [2.75, 3.05) is 11.1 Å². The van der Waals surface area contributed by atoms with Crippen molar-refractivity contribution in [2.45, 2.75) is 0 Å². The van der Waals surface area contributed by atoms with Gasteiger partial charge in [0.05, 0.1) is 0 Å². The molecule has 0 amide bonds. The summed E-state index contributed by atoms with van der Waals surface area (Å²) < 4.78 is 1.71. The zero-order chi connectivity index (χ0) is 14.1. The summed E-state index contributed by atoms with van der Waals surface area (Å²) in [5.74, 6) is 0.882. The van der Waals surface area contributed by atoms with Gasteiger partial charge in [-0.05, 0) is 51.0 Å². The second-order valence-electron chi connectivity index (χ2n) is 4.27. The Morgan fingerprint density at radius 3 is 2.45 bits per heavy atom. The summed E-state index contributed by atoms with van der Waals surface area (Å²) in [6, 6.07) is 13.9. The van der Waals surface area contributed by atoms with Gasteiger partial charge in [0, 0.05) is 16.2 Å². The van der Waals surface area contributed by atoms with Gasteiger partial charge in [-0.25, -0.2) is 4.98 Å². The van der Waals surface area contributed by atoms with E-state index in [1.807, 2.05) is 24.3 Å². The predicted octanol–water partition coefficient (Wildman–Crippen LogP) is 4.48. The second-order valence-corrected chi connectivity index (χ2v) is 6.00. The lowest BCUT2D eigenvalue weighted by Crippen LogP contribution is -2.00. The Hall–Kier alpha value is -1.66. The van der Waals surface area contributed by atoms with Crippen LogP contribution in [0.2, 0.25) is 0 Å². The standard InChI is InChI=1S/C14H10Br2N4/c15-10-3-1-9-6-11(4-2-8(9)5-10)18-14-19-12(16)7-13(17)20-14/h1-7H,(H3,17,18,19,20). The van der Waals surface area contributed by atoms with Gasteiger partial charge in [0.25, 0.3) is 0 Å². The maximum absolute atomic E-state index is 5.69. The molecule has 6 heteroatoms. The summed E-state index contributed by atoms with van der Waals surface area (Å²) in [6.45, 7) is 0. The van der Waals surface area contributed by atoms with Gasteiger partial charge >= 0.3 is 0 Å². The van der Waals surface area contributed by atoms with Crippen molar-refractivity contribution >= 4 is 60.1 Å². The van der Waals surface area contributed by atoms with Crippen LogP contribution in [0.3, 0.4) is 0 Å². The van der Waals surface area contributed by atoms with Gasteiger partial charge in [0.1, 0.15) is 10.4 Å². The van der Waals surface area contributed by atoms with Crippen LogP contribution in [0, 0.1) is 0 Å². The van der Waals surface area contributed by atoms with Gasteiger partial charge < -0.3 is 11.1 Å². The number of aromatic nitrogens is 2. The van der Waals surface area contributed by atoms with Crippen LogP contribution >= 0.6 is 31.9 Å². The minimum atomic E-state index is 0.416. The highest BCUT2D eigenvalue weighted by atomic mass is 79.9. The fourth-order valence-corrected chi connectivity index (χ4v) is 2.70. The summed E-state index contributed by atoms with van der Waals surface area (Å²) in [5, 5.41) is 5.45. The summed E-state index contributed by atoms with van der Waals surface area (Å²) in [4.78, 5) is 8.37. The molecule has 20 heavy (non-hydrogen) atoms. The van der Waals surface area contributed by atoms with Crippen molar-refractivity contribution in [2.24, 2.45) is 0 Å². The van der Waals surface area contributed by atoms with Crippen LogP contribution in [-0.2, 0) is 0 Å². The van der Waals surface area contributed by atoms with E-state index in [1.165, 1.54) is 5.39 Å². The zero-order valence-electron chi connectivity index (χ0n) is 10.3. The zero-order valence-corrected chi connectivity index (χ0v) is 13.4. The number of nitrogen functional groups attached to an aromatic ring is 1. The van der Waals surface area contributed by atoms with Crippen molar-refractivity contribution in [1.29, 1.82) is 0 Å². The first-order valence-electron chi connectivity index (χ1n) is 5.86. The molecule has 0 aliphatic heterocycles. The lowest BCUT2D eigenvalue weighted by atomic mass is 10.1. The number of anilines is 3. The second kappa shape index (κ2) is 5.38. The van der Waals surface area contributed by atoms with Crippen LogP contribution in [0.15, 0.2) is 51.5 Å². The molecule has 0 radical (unpaired) electrons. The van der Waals surface area contributed by atoms with E-state index in [0.29, 0.717) is 16.4 Å². The molecular weight excluding hydrogens is 384 g/mol. The number of hydrogen-bond donors (Lipinski definition) is 2. The molecule has 0 unspecified atom stereocenters. The van der Waals surface area contributed by atoms with E-state index in [1.54, 1.807) is 6.07 Å². The summed E-state index contributed by atoms with van der Waals surface area (Å²) in [5.41, 5.74) is 6.61. The molecule has 3 rings (SSSR count). The van der Waals surface area contributed by atoms with E-state index < -0.39 is 0 Å². The van der Waals surface area contributed by atoms with Crippen LogP contribution in [0.25, 0.3) is 10.8 Å². The molecular formula is C14H10Br2N4. The fraction of sp³-hybridized carbons (Fsp3) is 0. The molecule has 0 aliphatic rings. The summed E-state index contributed by atoms with van der Waals surface area (Å²) >= 11 is 6.76. The maximum atomic E-state index is 5.69. The third kappa shape index (κ3) is 2.91. The molecule has 0 bridgehead atoms. The third-order valence-corrected chi connectivity index (χ3v) is 3.67. The Balaban J connectivity index is 1.96. The van der Waals surface area contributed by atoms with Crippen molar-refractivity contribution < 1.29 is 0 Å². The van der Waals surface area contributed by atoms with Crippen LogP contribution in [0.4, 0.5) is 17.5 Å². The molecule has 3 N–H and O–H groups in total. The van der Waals surface area contributed by atoms with Crippen molar-refractivity contribution in [3.05, 3.63) is 51.5 Å². The molecule has 0 saturated carbocycles. The Bertz CT molecular complexity index is 769. The fourth-order valence-electron chi connectivity index (χ4n) is 1.91. The van der Waals surface area contributed by atoms with E-state index in [2.05, 4.69) is 59.3 Å². The number of benzene rings is 2. The minimum absolute atomic E-state index is 0.416. The van der Waals surface area contributed by atoms with Crippen molar-refractivity contribution in [3.63, 3.8) is 0 Å². The van der Waals surface area contributed by atoms with Gasteiger partial charge in [0.15, 0.2) is 0 Å². The molecule has 0 atom stereocenters. The SMILES string of the molecule is Nc1cc(Br)nc(Nc2ccc3cc(Br)ccc3c2)n1. The normalized spacial score (nSPS) is 10.7. The van der Waals surface area contributed by atoms with Gasteiger partial charge in [-0.3, -0.25) is 0 Å². The van der Waals surface area contributed by atoms with Crippen LogP contribution in [0.1, 0.15) is 0 Å². The highest BCUT2D eigenvalue weighted by Gasteiger charge is 2.03. The Morgan fingerprint density at radius 1 is 0.900 bits per heavy atom. The highest BCUT2D eigenvalue weighted by molar-refractivity contribution is 9.10. The smallest absolute Gasteiger partial charge is 0.230 e. The predicted molar refractivity (Wildman–Crippen MR) is 89.1 cm³/mol. The maximum Gasteiger partial charge on any atom is 0.230 e. The largest absolute Gasteiger partial charge is 0.383 e. The molecule has 1 aromatic heterocycles. The van der Waals surface area contributed by atoms with Crippen LogP contribution in [0.5, 0.6) is 0 Å². The molecule has 4 nitrogen and oxygen atoms in total. The van der Waals surface area contributed by atoms with Gasteiger partial charge in [0.2, 0.25) is 5.95 Å². The number of fused-ring (bicyclic) bond motifs is 1. The van der Waals surface area contributed by atoms with Gasteiger partial charge in [-0.2, -0.15) is 4.98 Å². The van der Waals surface area contributed by atoms with Gasteiger partial charge in [-0.15, -0.1) is 0 Å². The number of rotatable bonds is 2. The van der Waals surface area contributed by atoms with E-state index >= 15 is 0 Å². The number of nitrogens with two attached hydrogens (primary N) is 1. The average molecular weight is 394 g/mol. The molecule has 0 aliphatic carbocycles. The first kappa shape index (κ1) is 13.3. The summed E-state index contributed by atoms with van der Waals surface area (Å²) in [6.07, 6.45) is 0. The monoisotopic (exact) mass is 392 g/mol. The molecule has 2 aromatic carbocycles. The van der Waals surface area contributed by atoms with E-state index in [-0.39, 0.29) is 0 Å².